The van der Waals surface area contributed by atoms with Crippen molar-refractivity contribution >= 4 is 16.7 Å². The van der Waals surface area contributed by atoms with Crippen LogP contribution < -0.4 is 9.64 Å². The number of pyridine rings is 1. The van der Waals surface area contributed by atoms with Crippen LogP contribution in [0, 0.1) is 12.8 Å². The molecule has 4 heteroatoms. The number of hydrogen-bond donors (Lipinski definition) is 1. The molecule has 1 aliphatic rings. The highest BCUT2D eigenvalue weighted by Gasteiger charge is 2.23. The highest BCUT2D eigenvalue weighted by atomic mass is 16.5. The molecule has 4 rings (SSSR count). The van der Waals surface area contributed by atoms with Gasteiger partial charge in [-0.15, -0.1) is 0 Å². The molecule has 0 spiro atoms. The van der Waals surface area contributed by atoms with Gasteiger partial charge in [-0.2, -0.15) is 0 Å². The van der Waals surface area contributed by atoms with Gasteiger partial charge in [0.1, 0.15) is 11.6 Å². The zero-order chi connectivity index (χ0) is 18.6. The van der Waals surface area contributed by atoms with Gasteiger partial charge in [0, 0.05) is 30.0 Å². The Hall–Kier alpha value is -2.59. The lowest BCUT2D eigenvalue weighted by molar-refractivity contribution is 0.227. The number of ether oxygens (including phenoxy) is 1. The van der Waals surface area contributed by atoms with Crippen LogP contribution in [0.1, 0.15) is 24.0 Å². The summed E-state index contributed by atoms with van der Waals surface area (Å²) in [5, 5.41) is 10.9. The van der Waals surface area contributed by atoms with Gasteiger partial charge in [-0.1, -0.05) is 36.4 Å². The summed E-state index contributed by atoms with van der Waals surface area (Å²) in [6.07, 6.45) is 2.27. The maximum Gasteiger partial charge on any atom is 0.134 e. The van der Waals surface area contributed by atoms with E-state index in [9.17, 15) is 5.11 Å². The number of hydrogen-bond acceptors (Lipinski definition) is 4. The molecule has 0 amide bonds. The zero-order valence-corrected chi connectivity index (χ0v) is 15.8. The predicted octanol–water partition coefficient (Wildman–Crippen LogP) is 4.33. The Balaban J connectivity index is 1.51. The number of nitrogens with zero attached hydrogens (tertiary/aromatic N) is 2. The Morgan fingerprint density at radius 1 is 1.15 bits per heavy atom. The van der Waals surface area contributed by atoms with E-state index in [4.69, 9.17) is 9.72 Å². The van der Waals surface area contributed by atoms with Crippen LogP contribution in [-0.4, -0.2) is 29.8 Å². The van der Waals surface area contributed by atoms with Gasteiger partial charge >= 0.3 is 0 Å². The lowest BCUT2D eigenvalue weighted by Crippen LogP contribution is -2.38. The average molecular weight is 362 g/mol. The van der Waals surface area contributed by atoms with Gasteiger partial charge in [0.05, 0.1) is 18.7 Å². The highest BCUT2D eigenvalue weighted by molar-refractivity contribution is 5.81. The molecule has 1 N–H and O–H groups in total. The van der Waals surface area contributed by atoms with Crippen LogP contribution in [0.5, 0.6) is 5.75 Å². The van der Waals surface area contributed by atoms with Gasteiger partial charge in [0.2, 0.25) is 0 Å². The van der Waals surface area contributed by atoms with E-state index < -0.39 is 0 Å². The van der Waals surface area contributed by atoms with Crippen molar-refractivity contribution in [3.8, 4) is 5.75 Å². The minimum atomic E-state index is 0.00798. The summed E-state index contributed by atoms with van der Waals surface area (Å²) >= 11 is 0. The molecular weight excluding hydrogens is 336 g/mol. The Morgan fingerprint density at radius 3 is 2.81 bits per heavy atom. The van der Waals surface area contributed by atoms with Gasteiger partial charge in [-0.05, 0) is 43.5 Å². The molecule has 0 aliphatic carbocycles. The first-order valence-corrected chi connectivity index (χ1v) is 9.67. The fourth-order valence-electron chi connectivity index (χ4n) is 3.86. The molecule has 4 nitrogen and oxygen atoms in total. The number of aliphatic hydroxyl groups is 1. The number of aliphatic hydroxyl groups excluding tert-OH is 1. The van der Waals surface area contributed by atoms with Crippen LogP contribution in [0.4, 0.5) is 5.82 Å². The molecule has 0 radical (unpaired) electrons. The van der Waals surface area contributed by atoms with Crippen molar-refractivity contribution in [3.05, 3.63) is 65.7 Å². The normalized spacial score (nSPS) is 17.3. The van der Waals surface area contributed by atoms with Crippen molar-refractivity contribution < 1.29 is 9.84 Å². The first kappa shape index (κ1) is 17.8. The molecule has 140 valence electrons. The molecule has 2 heterocycles. The van der Waals surface area contributed by atoms with Gasteiger partial charge in [0.25, 0.3) is 0 Å². The van der Waals surface area contributed by atoms with E-state index in [0.717, 1.165) is 54.0 Å². The third-order valence-electron chi connectivity index (χ3n) is 5.34. The summed E-state index contributed by atoms with van der Waals surface area (Å²) in [6.45, 7) is 4.68. The van der Waals surface area contributed by atoms with Crippen LogP contribution in [-0.2, 0) is 6.61 Å². The summed E-state index contributed by atoms with van der Waals surface area (Å²) in [6, 6.07) is 18.3. The number of aryl methyl sites for hydroxylation is 1. The molecule has 2 aromatic carbocycles. The largest absolute Gasteiger partial charge is 0.493 e. The number of anilines is 1. The Bertz CT molecular complexity index is 925. The van der Waals surface area contributed by atoms with Gasteiger partial charge in [0.15, 0.2) is 0 Å². The molecule has 1 saturated heterocycles. The monoisotopic (exact) mass is 362 g/mol. The third kappa shape index (κ3) is 3.91. The molecule has 0 saturated carbocycles. The van der Waals surface area contributed by atoms with Crippen molar-refractivity contribution in [3.63, 3.8) is 0 Å². The number of fused-ring (bicyclic) bond motifs is 1. The fourth-order valence-corrected chi connectivity index (χ4v) is 3.86. The second-order valence-electron chi connectivity index (χ2n) is 7.35. The van der Waals surface area contributed by atoms with E-state index in [0.29, 0.717) is 12.5 Å². The molecule has 1 fully saturated rings. The average Bonchev–Trinajstić information content (AvgIpc) is 2.72. The summed E-state index contributed by atoms with van der Waals surface area (Å²) < 4.78 is 6.09. The second kappa shape index (κ2) is 7.97. The number of aromatic nitrogens is 1. The van der Waals surface area contributed by atoms with E-state index in [1.807, 2.05) is 42.5 Å². The maximum atomic E-state index is 9.87. The van der Waals surface area contributed by atoms with Gasteiger partial charge in [-0.3, -0.25) is 0 Å². The summed E-state index contributed by atoms with van der Waals surface area (Å²) in [5.74, 6) is 2.34. The number of para-hydroxylation sites is 2. The van der Waals surface area contributed by atoms with E-state index >= 15 is 0 Å². The Labute approximate surface area is 160 Å². The highest BCUT2D eigenvalue weighted by Crippen LogP contribution is 2.28. The lowest BCUT2D eigenvalue weighted by Gasteiger charge is -2.34. The predicted molar refractivity (Wildman–Crippen MR) is 109 cm³/mol. The molecule has 1 aliphatic heterocycles. The van der Waals surface area contributed by atoms with Crippen molar-refractivity contribution in [2.75, 3.05) is 24.6 Å². The SMILES string of the molecule is Cc1ccccc1OC[C@@H]1CCCN(c2nc3ccccc3cc2CO)C1. The van der Waals surface area contributed by atoms with E-state index in [-0.39, 0.29) is 6.61 Å². The van der Waals surface area contributed by atoms with Crippen molar-refractivity contribution in [2.24, 2.45) is 5.92 Å². The minimum Gasteiger partial charge on any atom is -0.493 e. The Morgan fingerprint density at radius 2 is 1.96 bits per heavy atom. The quantitative estimate of drug-likeness (QED) is 0.734. The van der Waals surface area contributed by atoms with Gasteiger partial charge < -0.3 is 14.7 Å². The number of benzene rings is 2. The van der Waals surface area contributed by atoms with Crippen molar-refractivity contribution in [1.82, 2.24) is 4.98 Å². The molecule has 1 atom stereocenters. The minimum absolute atomic E-state index is 0.00798. The van der Waals surface area contributed by atoms with E-state index in [2.05, 4.69) is 24.0 Å². The first-order chi connectivity index (χ1) is 13.2. The molecule has 1 aromatic heterocycles. The summed E-state index contributed by atoms with van der Waals surface area (Å²) in [5.41, 5.74) is 3.04. The topological polar surface area (TPSA) is 45.6 Å². The lowest BCUT2D eigenvalue weighted by atomic mass is 9.98. The van der Waals surface area contributed by atoms with E-state index in [1.54, 1.807) is 0 Å². The van der Waals surface area contributed by atoms with Crippen LogP contribution >= 0.6 is 0 Å². The van der Waals surface area contributed by atoms with Gasteiger partial charge in [-0.25, -0.2) is 4.98 Å². The summed E-state index contributed by atoms with van der Waals surface area (Å²) in [7, 11) is 0. The zero-order valence-electron chi connectivity index (χ0n) is 15.8. The molecular formula is C23H26N2O2. The molecule has 0 bridgehead atoms. The van der Waals surface area contributed by atoms with Crippen LogP contribution in [0.2, 0.25) is 0 Å². The maximum absolute atomic E-state index is 9.87. The van der Waals surface area contributed by atoms with Crippen LogP contribution in [0.3, 0.4) is 0 Å². The molecule has 3 aromatic rings. The molecule has 0 unspecified atom stereocenters. The number of rotatable bonds is 5. The number of piperidine rings is 1. The second-order valence-corrected chi connectivity index (χ2v) is 7.35. The standard InChI is InChI=1S/C23H26N2O2/c1-17-7-2-5-11-22(17)27-16-18-8-6-12-25(14-18)23-20(15-26)13-19-9-3-4-10-21(19)24-23/h2-5,7,9-11,13,18,26H,6,8,12,14-16H2,1H3/t18-/m1/s1. The van der Waals surface area contributed by atoms with Crippen molar-refractivity contribution in [1.29, 1.82) is 0 Å². The Kier molecular flexibility index (Phi) is 5.26. The smallest absolute Gasteiger partial charge is 0.134 e. The van der Waals surface area contributed by atoms with Crippen molar-refractivity contribution in [2.45, 2.75) is 26.4 Å². The first-order valence-electron chi connectivity index (χ1n) is 9.67. The molecule has 27 heavy (non-hydrogen) atoms. The van der Waals surface area contributed by atoms with Crippen LogP contribution in [0.25, 0.3) is 10.9 Å². The third-order valence-corrected chi connectivity index (χ3v) is 5.34. The van der Waals surface area contributed by atoms with E-state index in [1.165, 1.54) is 5.56 Å². The summed E-state index contributed by atoms with van der Waals surface area (Å²) in [4.78, 5) is 7.17. The van der Waals surface area contributed by atoms with Crippen LogP contribution in [0.15, 0.2) is 54.6 Å². The fraction of sp³-hybridized carbons (Fsp3) is 0.348.